The molecule has 19 heavy (non-hydrogen) atoms. The highest BCUT2D eigenvalue weighted by atomic mass is 16.5. The van der Waals surface area contributed by atoms with Gasteiger partial charge in [0, 0.05) is 0 Å². The van der Waals surface area contributed by atoms with Crippen molar-refractivity contribution in [2.75, 3.05) is 6.54 Å². The first-order chi connectivity index (χ1) is 9.42. The Balaban J connectivity index is 1.68. The molecule has 0 saturated carbocycles. The summed E-state index contributed by atoms with van der Waals surface area (Å²) < 4.78 is 5.36. The molecule has 0 radical (unpaired) electrons. The summed E-state index contributed by atoms with van der Waals surface area (Å²) in [5.74, 6) is 1.51. The molecule has 1 atom stereocenters. The molecule has 4 heteroatoms. The second kappa shape index (κ2) is 5.97. The van der Waals surface area contributed by atoms with Crippen LogP contribution in [0.15, 0.2) is 34.9 Å². The topological polar surface area (TPSA) is 51.0 Å². The Morgan fingerprint density at radius 1 is 1.16 bits per heavy atom. The Kier molecular flexibility index (Phi) is 3.89. The van der Waals surface area contributed by atoms with Crippen LogP contribution in [0.25, 0.3) is 0 Å². The minimum Gasteiger partial charge on any atom is -0.339 e. The second-order valence-electron chi connectivity index (χ2n) is 5.06. The van der Waals surface area contributed by atoms with E-state index in [1.807, 2.05) is 18.2 Å². The lowest BCUT2D eigenvalue weighted by atomic mass is 10.1. The standard InChI is InChI=1S/C15H19N3O/c1-3-7-12(8-4-1)11-14-17-15(18-19-14)13-9-5-2-6-10-16-13/h1,3-4,7-8,13,16H,2,5-6,9-11H2. The van der Waals surface area contributed by atoms with Gasteiger partial charge in [0.1, 0.15) is 0 Å². The predicted octanol–water partition coefficient (Wildman–Crippen LogP) is 2.87. The molecule has 1 aliphatic heterocycles. The summed E-state index contributed by atoms with van der Waals surface area (Å²) in [6.45, 7) is 1.05. The molecule has 1 fully saturated rings. The summed E-state index contributed by atoms with van der Waals surface area (Å²) >= 11 is 0. The predicted molar refractivity (Wildman–Crippen MR) is 72.8 cm³/mol. The van der Waals surface area contributed by atoms with Gasteiger partial charge < -0.3 is 9.84 Å². The lowest BCUT2D eigenvalue weighted by Gasteiger charge is -2.09. The molecule has 2 aromatic rings. The fraction of sp³-hybridized carbons (Fsp3) is 0.467. The molecule has 1 saturated heterocycles. The number of hydrogen-bond donors (Lipinski definition) is 1. The van der Waals surface area contributed by atoms with E-state index in [2.05, 4.69) is 27.6 Å². The van der Waals surface area contributed by atoms with Gasteiger partial charge in [-0.1, -0.05) is 48.3 Å². The van der Waals surface area contributed by atoms with Crippen molar-refractivity contribution in [3.63, 3.8) is 0 Å². The van der Waals surface area contributed by atoms with Crippen molar-refractivity contribution in [1.82, 2.24) is 15.5 Å². The van der Waals surface area contributed by atoms with Crippen LogP contribution in [-0.2, 0) is 6.42 Å². The zero-order valence-corrected chi connectivity index (χ0v) is 11.0. The summed E-state index contributed by atoms with van der Waals surface area (Å²) in [6, 6.07) is 10.5. The normalized spacial score (nSPS) is 20.1. The quantitative estimate of drug-likeness (QED) is 0.918. The summed E-state index contributed by atoms with van der Waals surface area (Å²) in [6.07, 6.45) is 5.58. The molecule has 0 amide bonds. The second-order valence-corrected chi connectivity index (χ2v) is 5.06. The van der Waals surface area contributed by atoms with Gasteiger partial charge in [-0.3, -0.25) is 0 Å². The number of rotatable bonds is 3. The highest BCUT2D eigenvalue weighted by Gasteiger charge is 2.19. The van der Waals surface area contributed by atoms with E-state index in [4.69, 9.17) is 4.52 Å². The van der Waals surface area contributed by atoms with Crippen molar-refractivity contribution in [3.05, 3.63) is 47.6 Å². The van der Waals surface area contributed by atoms with Gasteiger partial charge in [-0.15, -0.1) is 0 Å². The van der Waals surface area contributed by atoms with E-state index >= 15 is 0 Å². The Labute approximate surface area is 113 Å². The molecular formula is C15H19N3O. The van der Waals surface area contributed by atoms with E-state index in [0.717, 1.165) is 18.8 Å². The molecule has 1 N–H and O–H groups in total. The van der Waals surface area contributed by atoms with Crippen molar-refractivity contribution in [2.45, 2.75) is 38.1 Å². The number of nitrogens with one attached hydrogen (secondary N) is 1. The lowest BCUT2D eigenvalue weighted by molar-refractivity contribution is 0.369. The first kappa shape index (κ1) is 12.4. The molecule has 100 valence electrons. The largest absolute Gasteiger partial charge is 0.339 e. The first-order valence-corrected chi connectivity index (χ1v) is 7.01. The van der Waals surface area contributed by atoms with E-state index in [9.17, 15) is 0 Å². The van der Waals surface area contributed by atoms with Gasteiger partial charge in [-0.2, -0.15) is 4.98 Å². The highest BCUT2D eigenvalue weighted by molar-refractivity contribution is 5.18. The summed E-state index contributed by atoms with van der Waals surface area (Å²) in [5.41, 5.74) is 1.20. The van der Waals surface area contributed by atoms with Gasteiger partial charge in [0.05, 0.1) is 12.5 Å². The van der Waals surface area contributed by atoms with Gasteiger partial charge >= 0.3 is 0 Å². The van der Waals surface area contributed by atoms with Crippen LogP contribution in [-0.4, -0.2) is 16.7 Å². The molecule has 0 bridgehead atoms. The van der Waals surface area contributed by atoms with Crippen LogP contribution in [0.4, 0.5) is 0 Å². The van der Waals surface area contributed by atoms with Crippen LogP contribution >= 0.6 is 0 Å². The maximum absolute atomic E-state index is 5.36. The maximum atomic E-state index is 5.36. The van der Waals surface area contributed by atoms with E-state index in [0.29, 0.717) is 12.3 Å². The molecule has 4 nitrogen and oxygen atoms in total. The molecule has 1 aromatic carbocycles. The van der Waals surface area contributed by atoms with Gasteiger partial charge in [0.25, 0.3) is 0 Å². The van der Waals surface area contributed by atoms with Gasteiger partial charge in [0.15, 0.2) is 5.82 Å². The van der Waals surface area contributed by atoms with Gasteiger partial charge in [-0.25, -0.2) is 0 Å². The third-order valence-electron chi connectivity index (χ3n) is 3.55. The highest BCUT2D eigenvalue weighted by Crippen LogP contribution is 2.20. The minimum absolute atomic E-state index is 0.260. The van der Waals surface area contributed by atoms with E-state index in [-0.39, 0.29) is 6.04 Å². The third kappa shape index (κ3) is 3.20. The molecule has 0 aliphatic carbocycles. The fourth-order valence-electron chi connectivity index (χ4n) is 2.50. The van der Waals surface area contributed by atoms with Crippen LogP contribution < -0.4 is 5.32 Å². The van der Waals surface area contributed by atoms with E-state index in [1.165, 1.54) is 24.8 Å². The molecule has 1 aromatic heterocycles. The zero-order valence-electron chi connectivity index (χ0n) is 11.0. The van der Waals surface area contributed by atoms with Crippen molar-refractivity contribution < 1.29 is 4.52 Å². The average Bonchev–Trinajstić information content (AvgIpc) is 2.74. The van der Waals surface area contributed by atoms with E-state index < -0.39 is 0 Å². The van der Waals surface area contributed by atoms with Crippen LogP contribution in [0.3, 0.4) is 0 Å². The van der Waals surface area contributed by atoms with Crippen molar-refractivity contribution in [1.29, 1.82) is 0 Å². The Morgan fingerprint density at radius 3 is 2.95 bits per heavy atom. The monoisotopic (exact) mass is 257 g/mol. The van der Waals surface area contributed by atoms with Crippen molar-refractivity contribution in [3.8, 4) is 0 Å². The van der Waals surface area contributed by atoms with Crippen LogP contribution in [0.5, 0.6) is 0 Å². The van der Waals surface area contributed by atoms with Crippen LogP contribution in [0.2, 0.25) is 0 Å². The van der Waals surface area contributed by atoms with Crippen molar-refractivity contribution >= 4 is 0 Å². The van der Waals surface area contributed by atoms with E-state index in [1.54, 1.807) is 0 Å². The SMILES string of the molecule is c1ccc(Cc2nc(C3CCCCCN3)no2)cc1. The fourth-order valence-corrected chi connectivity index (χ4v) is 2.50. The van der Waals surface area contributed by atoms with Gasteiger partial charge in [-0.05, 0) is 24.9 Å². The summed E-state index contributed by atoms with van der Waals surface area (Å²) in [4.78, 5) is 4.53. The molecule has 2 heterocycles. The third-order valence-corrected chi connectivity index (χ3v) is 3.55. The number of nitrogens with zero attached hydrogens (tertiary/aromatic N) is 2. The number of hydrogen-bond acceptors (Lipinski definition) is 4. The molecule has 1 unspecified atom stereocenters. The Morgan fingerprint density at radius 2 is 2.05 bits per heavy atom. The summed E-state index contributed by atoms with van der Waals surface area (Å²) in [5, 5.41) is 7.62. The smallest absolute Gasteiger partial charge is 0.231 e. The Bertz CT molecular complexity index is 501. The average molecular weight is 257 g/mol. The van der Waals surface area contributed by atoms with Crippen LogP contribution in [0, 0.1) is 0 Å². The molecular weight excluding hydrogens is 238 g/mol. The zero-order chi connectivity index (χ0) is 12.9. The van der Waals surface area contributed by atoms with Gasteiger partial charge in [0.2, 0.25) is 5.89 Å². The number of benzene rings is 1. The molecule has 1 aliphatic rings. The molecule has 3 rings (SSSR count). The first-order valence-electron chi connectivity index (χ1n) is 7.01. The lowest BCUT2D eigenvalue weighted by Crippen LogP contribution is -2.21. The van der Waals surface area contributed by atoms with Crippen molar-refractivity contribution in [2.24, 2.45) is 0 Å². The summed E-state index contributed by atoms with van der Waals surface area (Å²) in [7, 11) is 0. The Hall–Kier alpha value is -1.68. The van der Waals surface area contributed by atoms with Crippen LogP contribution in [0.1, 0.15) is 49.0 Å². The number of aromatic nitrogens is 2. The maximum Gasteiger partial charge on any atom is 0.231 e. The molecule has 0 spiro atoms. The minimum atomic E-state index is 0.260.